The third-order valence-corrected chi connectivity index (χ3v) is 5.28. The van der Waals surface area contributed by atoms with Gasteiger partial charge in [0.2, 0.25) is 0 Å². The summed E-state index contributed by atoms with van der Waals surface area (Å²) >= 11 is 0. The lowest BCUT2D eigenvalue weighted by Crippen LogP contribution is -2.41. The molecular formula is C16H25NO3S. The van der Waals surface area contributed by atoms with E-state index in [-0.39, 0.29) is 0 Å². The number of nitrogens with one attached hydrogen (secondary N) is 1. The lowest BCUT2D eigenvalue weighted by molar-refractivity contribution is 0.354. The van der Waals surface area contributed by atoms with Gasteiger partial charge in [0.1, 0.15) is 0 Å². The van der Waals surface area contributed by atoms with E-state index < -0.39 is 10.8 Å². The van der Waals surface area contributed by atoms with Crippen LogP contribution in [0.3, 0.4) is 0 Å². The van der Waals surface area contributed by atoms with Crippen LogP contribution in [0.25, 0.3) is 0 Å². The number of ether oxygens (including phenoxy) is 2. The fourth-order valence-corrected chi connectivity index (χ4v) is 4.08. The predicted molar refractivity (Wildman–Crippen MR) is 86.7 cm³/mol. The largest absolute Gasteiger partial charge is 0.493 e. The summed E-state index contributed by atoms with van der Waals surface area (Å²) in [5, 5.41) is 3.65. The maximum atomic E-state index is 11.4. The minimum Gasteiger partial charge on any atom is -0.493 e. The smallest absolute Gasteiger partial charge is 0.160 e. The number of methoxy groups -OCH3 is 2. The molecule has 1 N–H and O–H groups in total. The highest BCUT2D eigenvalue weighted by Crippen LogP contribution is 2.28. The molecule has 118 valence electrons. The Labute approximate surface area is 129 Å². The second-order valence-corrected chi connectivity index (χ2v) is 7.28. The summed E-state index contributed by atoms with van der Waals surface area (Å²) in [4.78, 5) is 0. The van der Waals surface area contributed by atoms with Crippen LogP contribution in [0.2, 0.25) is 0 Å². The SMILES string of the molecule is COc1ccc(CC(C)NC2CCS(=O)CC2)cc1OC. The number of rotatable bonds is 6. The van der Waals surface area contributed by atoms with Crippen molar-refractivity contribution >= 4 is 10.8 Å². The van der Waals surface area contributed by atoms with E-state index in [9.17, 15) is 4.21 Å². The molecule has 0 amide bonds. The van der Waals surface area contributed by atoms with Crippen LogP contribution in [0, 0.1) is 0 Å². The Kier molecular flexibility index (Phi) is 6.06. The highest BCUT2D eigenvalue weighted by atomic mass is 32.2. The minimum absolute atomic E-state index is 0.389. The van der Waals surface area contributed by atoms with Gasteiger partial charge in [-0.3, -0.25) is 4.21 Å². The molecule has 1 unspecified atom stereocenters. The van der Waals surface area contributed by atoms with E-state index in [0.717, 1.165) is 42.3 Å². The molecule has 1 heterocycles. The van der Waals surface area contributed by atoms with Crippen molar-refractivity contribution in [2.45, 2.75) is 38.3 Å². The number of hydrogen-bond donors (Lipinski definition) is 1. The average molecular weight is 311 g/mol. The summed E-state index contributed by atoms with van der Waals surface area (Å²) in [6, 6.07) is 6.95. The van der Waals surface area contributed by atoms with Crippen molar-refractivity contribution in [1.29, 1.82) is 0 Å². The van der Waals surface area contributed by atoms with Crippen LogP contribution in [-0.2, 0) is 17.2 Å². The van der Waals surface area contributed by atoms with Crippen LogP contribution in [0.15, 0.2) is 18.2 Å². The summed E-state index contributed by atoms with van der Waals surface area (Å²) in [6.07, 6.45) is 2.98. The topological polar surface area (TPSA) is 47.6 Å². The summed E-state index contributed by atoms with van der Waals surface area (Å²) < 4.78 is 22.0. The molecule has 1 atom stereocenters. The summed E-state index contributed by atoms with van der Waals surface area (Å²) in [5.41, 5.74) is 1.23. The Hall–Kier alpha value is -1.07. The van der Waals surface area contributed by atoms with Crippen molar-refractivity contribution in [3.05, 3.63) is 23.8 Å². The van der Waals surface area contributed by atoms with E-state index in [1.54, 1.807) is 14.2 Å². The molecule has 1 aliphatic heterocycles. The molecule has 0 aromatic heterocycles. The van der Waals surface area contributed by atoms with E-state index in [4.69, 9.17) is 9.47 Å². The van der Waals surface area contributed by atoms with Gasteiger partial charge >= 0.3 is 0 Å². The molecule has 2 rings (SSSR count). The van der Waals surface area contributed by atoms with E-state index in [1.165, 1.54) is 5.56 Å². The Bertz CT molecular complexity index is 482. The van der Waals surface area contributed by atoms with Crippen LogP contribution in [0.1, 0.15) is 25.3 Å². The van der Waals surface area contributed by atoms with E-state index in [2.05, 4.69) is 18.3 Å². The summed E-state index contributed by atoms with van der Waals surface area (Å²) in [6.45, 7) is 2.20. The van der Waals surface area contributed by atoms with Crippen molar-refractivity contribution < 1.29 is 13.7 Å². The van der Waals surface area contributed by atoms with Crippen LogP contribution in [-0.4, -0.2) is 42.0 Å². The zero-order chi connectivity index (χ0) is 15.2. The quantitative estimate of drug-likeness (QED) is 0.874. The molecule has 21 heavy (non-hydrogen) atoms. The van der Waals surface area contributed by atoms with Gasteiger partial charge in [-0.1, -0.05) is 6.07 Å². The molecule has 4 nitrogen and oxygen atoms in total. The molecular weight excluding hydrogens is 286 g/mol. The highest BCUT2D eigenvalue weighted by molar-refractivity contribution is 7.85. The van der Waals surface area contributed by atoms with Gasteiger partial charge in [0.15, 0.2) is 11.5 Å². The monoisotopic (exact) mass is 311 g/mol. The second-order valence-electron chi connectivity index (χ2n) is 5.58. The van der Waals surface area contributed by atoms with Gasteiger partial charge in [-0.25, -0.2) is 0 Å². The van der Waals surface area contributed by atoms with Gasteiger partial charge in [0.05, 0.1) is 14.2 Å². The minimum atomic E-state index is -0.592. The normalized spacial score (nSPS) is 23.6. The van der Waals surface area contributed by atoms with Gasteiger partial charge in [0, 0.05) is 34.4 Å². The van der Waals surface area contributed by atoms with Crippen LogP contribution in [0.5, 0.6) is 11.5 Å². The first-order valence-electron chi connectivity index (χ1n) is 7.44. The number of hydrogen-bond acceptors (Lipinski definition) is 4. The first-order chi connectivity index (χ1) is 10.1. The average Bonchev–Trinajstić information content (AvgIpc) is 2.49. The zero-order valence-electron chi connectivity index (χ0n) is 13.1. The van der Waals surface area contributed by atoms with Gasteiger partial charge in [0.25, 0.3) is 0 Å². The molecule has 1 aliphatic rings. The van der Waals surface area contributed by atoms with Crippen molar-refractivity contribution in [2.75, 3.05) is 25.7 Å². The van der Waals surface area contributed by atoms with E-state index in [1.807, 2.05) is 12.1 Å². The molecule has 0 bridgehead atoms. The Morgan fingerprint density at radius 2 is 1.90 bits per heavy atom. The fraction of sp³-hybridized carbons (Fsp3) is 0.625. The van der Waals surface area contributed by atoms with Crippen molar-refractivity contribution in [3.8, 4) is 11.5 Å². The third kappa shape index (κ3) is 4.71. The predicted octanol–water partition coefficient (Wildman–Crippen LogP) is 2.14. The molecule has 0 saturated carbocycles. The third-order valence-electron chi connectivity index (χ3n) is 3.90. The molecule has 1 aromatic carbocycles. The molecule has 1 aromatic rings. The maximum absolute atomic E-state index is 11.4. The molecule has 5 heteroatoms. The van der Waals surface area contributed by atoms with Crippen LogP contribution < -0.4 is 14.8 Å². The molecule has 0 spiro atoms. The lowest BCUT2D eigenvalue weighted by atomic mass is 10.0. The van der Waals surface area contributed by atoms with Crippen LogP contribution in [0.4, 0.5) is 0 Å². The molecule has 0 aliphatic carbocycles. The van der Waals surface area contributed by atoms with E-state index in [0.29, 0.717) is 12.1 Å². The highest BCUT2D eigenvalue weighted by Gasteiger charge is 2.19. The first-order valence-corrected chi connectivity index (χ1v) is 8.93. The second kappa shape index (κ2) is 7.80. The van der Waals surface area contributed by atoms with Crippen LogP contribution >= 0.6 is 0 Å². The van der Waals surface area contributed by atoms with Gasteiger partial charge in [-0.15, -0.1) is 0 Å². The van der Waals surface area contributed by atoms with Crippen molar-refractivity contribution in [2.24, 2.45) is 0 Å². The molecule has 1 saturated heterocycles. The maximum Gasteiger partial charge on any atom is 0.160 e. The Morgan fingerprint density at radius 1 is 1.24 bits per heavy atom. The van der Waals surface area contributed by atoms with Crippen molar-refractivity contribution in [3.63, 3.8) is 0 Å². The van der Waals surface area contributed by atoms with Gasteiger partial charge < -0.3 is 14.8 Å². The Morgan fingerprint density at radius 3 is 2.52 bits per heavy atom. The van der Waals surface area contributed by atoms with E-state index >= 15 is 0 Å². The molecule has 0 radical (unpaired) electrons. The summed E-state index contributed by atoms with van der Waals surface area (Å²) in [7, 11) is 2.71. The summed E-state index contributed by atoms with van der Waals surface area (Å²) in [5.74, 6) is 3.20. The number of benzene rings is 1. The van der Waals surface area contributed by atoms with Gasteiger partial charge in [-0.05, 0) is 43.9 Å². The van der Waals surface area contributed by atoms with Gasteiger partial charge in [-0.2, -0.15) is 0 Å². The lowest BCUT2D eigenvalue weighted by Gasteiger charge is -2.26. The zero-order valence-corrected chi connectivity index (χ0v) is 13.9. The Balaban J connectivity index is 1.90. The standard InChI is InChI=1S/C16H25NO3S/c1-12(17-14-6-8-21(18)9-7-14)10-13-4-5-15(19-2)16(11-13)20-3/h4-5,11-12,14,17H,6-10H2,1-3H3. The fourth-order valence-electron chi connectivity index (χ4n) is 2.78. The molecule has 1 fully saturated rings. The first kappa shape index (κ1) is 16.3. The van der Waals surface area contributed by atoms with Crippen molar-refractivity contribution in [1.82, 2.24) is 5.32 Å².